The van der Waals surface area contributed by atoms with Gasteiger partial charge in [0.15, 0.2) is 0 Å². The number of aliphatic hydroxyl groups is 2. The predicted molar refractivity (Wildman–Crippen MR) is 161 cm³/mol. The van der Waals surface area contributed by atoms with Crippen LogP contribution < -0.4 is 16.0 Å². The molecular formula is C33H52N4O4. The van der Waals surface area contributed by atoms with E-state index in [1.54, 1.807) is 0 Å². The molecule has 1 heterocycles. The molecule has 2 amide bonds. The van der Waals surface area contributed by atoms with E-state index in [9.17, 15) is 19.8 Å². The minimum Gasteiger partial charge on any atom is -0.391 e. The first-order valence-corrected chi connectivity index (χ1v) is 15.9. The van der Waals surface area contributed by atoms with Crippen molar-refractivity contribution >= 4 is 17.5 Å². The molecule has 0 aromatic heterocycles. The number of benzene rings is 1. The second-order valence-corrected chi connectivity index (χ2v) is 14.7. The van der Waals surface area contributed by atoms with Gasteiger partial charge < -0.3 is 26.2 Å². The van der Waals surface area contributed by atoms with Crippen molar-refractivity contribution < 1.29 is 19.8 Å². The molecule has 1 saturated heterocycles. The number of anilines is 1. The quantitative estimate of drug-likeness (QED) is 0.345. The molecule has 5 N–H and O–H groups in total. The number of rotatable bonds is 10. The van der Waals surface area contributed by atoms with E-state index in [0.717, 1.165) is 49.8 Å². The van der Waals surface area contributed by atoms with Gasteiger partial charge >= 0.3 is 0 Å². The van der Waals surface area contributed by atoms with Gasteiger partial charge in [0.05, 0.1) is 18.2 Å². The fourth-order valence-electron chi connectivity index (χ4n) is 8.62. The number of hydrogen-bond acceptors (Lipinski definition) is 6. The highest BCUT2D eigenvalue weighted by Gasteiger charge is 2.55. The van der Waals surface area contributed by atoms with Crippen LogP contribution in [0.5, 0.6) is 0 Å². The molecule has 8 nitrogen and oxygen atoms in total. The van der Waals surface area contributed by atoms with E-state index in [-0.39, 0.29) is 48.2 Å². The van der Waals surface area contributed by atoms with Gasteiger partial charge in [-0.3, -0.25) is 14.5 Å². The fraction of sp³-hybridized carbons (Fsp3) is 0.758. The van der Waals surface area contributed by atoms with Gasteiger partial charge in [-0.1, -0.05) is 39.0 Å². The Morgan fingerprint density at radius 3 is 2.41 bits per heavy atom. The fourth-order valence-corrected chi connectivity index (χ4v) is 8.62. The summed E-state index contributed by atoms with van der Waals surface area (Å²) in [4.78, 5) is 30.9. The molecular weight excluding hydrogens is 516 g/mol. The second kappa shape index (κ2) is 11.6. The maximum atomic E-state index is 13.6. The molecule has 2 unspecified atom stereocenters. The summed E-state index contributed by atoms with van der Waals surface area (Å²) in [5.41, 5.74) is 7.83. The van der Waals surface area contributed by atoms with Gasteiger partial charge in [-0.2, -0.15) is 0 Å². The minimum atomic E-state index is -0.864. The van der Waals surface area contributed by atoms with Crippen LogP contribution in [0.1, 0.15) is 78.7 Å². The van der Waals surface area contributed by atoms with Gasteiger partial charge in [-0.25, -0.2) is 0 Å². The summed E-state index contributed by atoms with van der Waals surface area (Å²) in [5.74, 6) is 1.01. The lowest BCUT2D eigenvalue weighted by Crippen LogP contribution is -2.64. The maximum absolute atomic E-state index is 13.6. The van der Waals surface area contributed by atoms with Crippen molar-refractivity contribution in [3.05, 3.63) is 29.8 Å². The monoisotopic (exact) mass is 568 g/mol. The molecule has 41 heavy (non-hydrogen) atoms. The maximum Gasteiger partial charge on any atom is 0.241 e. The number of carbonyl (C=O) groups excluding carboxylic acids is 2. The molecule has 5 aliphatic rings. The summed E-state index contributed by atoms with van der Waals surface area (Å²) >= 11 is 0. The van der Waals surface area contributed by atoms with Gasteiger partial charge in [0.2, 0.25) is 11.8 Å². The molecule has 4 saturated carbocycles. The number of aryl methyl sites for hydroxylation is 1. The summed E-state index contributed by atoms with van der Waals surface area (Å²) in [7, 11) is 0. The molecule has 8 heteroatoms. The third-order valence-electron chi connectivity index (χ3n) is 10.8. The zero-order chi connectivity index (χ0) is 29.7. The number of nitrogens with two attached hydrogens (primary N) is 1. The molecule has 4 aliphatic carbocycles. The van der Waals surface area contributed by atoms with Crippen LogP contribution in [-0.4, -0.2) is 75.9 Å². The van der Waals surface area contributed by atoms with Crippen LogP contribution in [0.25, 0.3) is 0 Å². The van der Waals surface area contributed by atoms with E-state index < -0.39 is 17.7 Å². The van der Waals surface area contributed by atoms with Crippen molar-refractivity contribution in [1.82, 2.24) is 10.2 Å². The first-order chi connectivity index (χ1) is 19.3. The van der Waals surface area contributed by atoms with Crippen LogP contribution in [0.15, 0.2) is 24.3 Å². The number of nitrogens with zero attached hydrogens (tertiary/aromatic N) is 2. The van der Waals surface area contributed by atoms with Crippen molar-refractivity contribution in [1.29, 1.82) is 0 Å². The molecule has 1 aromatic carbocycles. The number of amides is 2. The third-order valence-corrected chi connectivity index (χ3v) is 10.8. The van der Waals surface area contributed by atoms with Gasteiger partial charge in [0.25, 0.3) is 0 Å². The first kappa shape index (κ1) is 30.5. The van der Waals surface area contributed by atoms with E-state index in [2.05, 4.69) is 37.1 Å². The molecule has 1 aliphatic heterocycles. The van der Waals surface area contributed by atoms with Crippen LogP contribution in [0.2, 0.25) is 0 Å². The highest BCUT2D eigenvalue weighted by Crippen LogP contribution is 2.55. The predicted octanol–water partition coefficient (Wildman–Crippen LogP) is 3.08. The number of carbonyl (C=O) groups is 2. The number of nitrogens with one attached hydrogen (secondary N) is 1. The van der Waals surface area contributed by atoms with E-state index in [1.807, 2.05) is 36.9 Å². The number of piperazine rings is 1. The topological polar surface area (TPSA) is 119 Å². The number of para-hydroxylation sites is 1. The Morgan fingerprint density at radius 1 is 1.15 bits per heavy atom. The zero-order valence-corrected chi connectivity index (χ0v) is 25.7. The summed E-state index contributed by atoms with van der Waals surface area (Å²) in [6.07, 6.45) is 4.96. The van der Waals surface area contributed by atoms with Crippen molar-refractivity contribution in [2.45, 2.75) is 109 Å². The van der Waals surface area contributed by atoms with Crippen molar-refractivity contribution in [3.8, 4) is 0 Å². The summed E-state index contributed by atoms with van der Waals surface area (Å²) in [6, 6.07) is 7.60. The second-order valence-electron chi connectivity index (χ2n) is 14.7. The van der Waals surface area contributed by atoms with Crippen LogP contribution >= 0.6 is 0 Å². The van der Waals surface area contributed by atoms with Crippen LogP contribution in [0.3, 0.4) is 0 Å². The molecule has 0 radical (unpaired) electrons. The summed E-state index contributed by atoms with van der Waals surface area (Å²) in [5, 5.41) is 25.5. The molecule has 4 bridgehead atoms. The molecule has 5 fully saturated rings. The van der Waals surface area contributed by atoms with E-state index in [4.69, 9.17) is 5.73 Å². The number of hydrogen-bond donors (Lipinski definition) is 4. The number of aliphatic hydroxyl groups excluding tert-OH is 1. The molecule has 1 aromatic rings. The lowest BCUT2D eigenvalue weighted by Gasteiger charge is -2.58. The Labute approximate surface area is 246 Å². The third kappa shape index (κ3) is 6.22. The summed E-state index contributed by atoms with van der Waals surface area (Å²) in [6.45, 7) is 11.5. The van der Waals surface area contributed by atoms with Gasteiger partial charge in [-0.15, -0.1) is 0 Å². The van der Waals surface area contributed by atoms with Gasteiger partial charge in [0, 0.05) is 42.3 Å². The Morgan fingerprint density at radius 2 is 1.80 bits per heavy atom. The van der Waals surface area contributed by atoms with Crippen LogP contribution in [0.4, 0.5) is 5.69 Å². The smallest absolute Gasteiger partial charge is 0.241 e. The molecule has 6 rings (SSSR count). The highest BCUT2D eigenvalue weighted by atomic mass is 16.3. The Balaban J connectivity index is 1.19. The SMILES string of the molecule is CCc1ccccc1N1CC(C)(C)N(C[C@H](N)[C@@H](O)C[C@H](C(=O)NC2C3CC4CC2CC(O)(C4)C3)C(C)C)CC1=O. The van der Waals surface area contributed by atoms with E-state index >= 15 is 0 Å². The van der Waals surface area contributed by atoms with E-state index in [1.165, 1.54) is 0 Å². The highest BCUT2D eigenvalue weighted by molar-refractivity contribution is 5.96. The Hall–Kier alpha value is -2.00. The molecule has 228 valence electrons. The first-order valence-electron chi connectivity index (χ1n) is 15.9. The van der Waals surface area contributed by atoms with Crippen molar-refractivity contribution in [2.24, 2.45) is 35.3 Å². The lowest BCUT2D eigenvalue weighted by atomic mass is 9.52. The average Bonchev–Trinajstić information content (AvgIpc) is 2.89. The summed E-state index contributed by atoms with van der Waals surface area (Å²) < 4.78 is 0. The lowest BCUT2D eigenvalue weighted by molar-refractivity contribution is -0.149. The normalized spacial score (nSPS) is 33.2. The van der Waals surface area contributed by atoms with E-state index in [0.29, 0.717) is 30.8 Å². The molecule has 0 spiro atoms. The largest absolute Gasteiger partial charge is 0.391 e. The molecule has 5 atom stereocenters. The van der Waals surface area contributed by atoms with Crippen molar-refractivity contribution in [2.75, 3.05) is 24.5 Å². The van der Waals surface area contributed by atoms with Gasteiger partial charge in [0.1, 0.15) is 0 Å². The zero-order valence-electron chi connectivity index (χ0n) is 25.7. The van der Waals surface area contributed by atoms with Crippen LogP contribution in [0, 0.1) is 29.6 Å². The Kier molecular flexibility index (Phi) is 8.61. The Bertz CT molecular complexity index is 1110. The standard InChI is InChI=1S/C33H52N4O4/c1-6-22-9-7-8-10-27(22)37-19-32(4,5)36(18-29(37)39)17-26(34)28(38)13-25(20(2)3)31(40)35-30-23-11-21-12-24(30)16-33(41,14-21)15-23/h7-10,20-21,23-26,28,30,38,41H,6,11-19,34H2,1-5H3,(H,35,40)/t21?,23?,24?,25-,26-,28-,30?,33?/m0/s1. The minimum absolute atomic E-state index is 0.00516. The van der Waals surface area contributed by atoms with Gasteiger partial charge in [-0.05, 0) is 94.1 Å². The van der Waals surface area contributed by atoms with Crippen LogP contribution in [-0.2, 0) is 16.0 Å². The average molecular weight is 569 g/mol. The van der Waals surface area contributed by atoms with Crippen molar-refractivity contribution in [3.63, 3.8) is 0 Å².